The van der Waals surface area contributed by atoms with E-state index >= 15 is 0 Å². The lowest BCUT2D eigenvalue weighted by molar-refractivity contribution is -0.139. The van der Waals surface area contributed by atoms with Crippen LogP contribution in [0.5, 0.6) is 0 Å². The smallest absolute Gasteiger partial charge is 0.144 e. The Bertz CT molecular complexity index is 428. The number of carbonyl (C=O) groups excluding carboxylic acids is 1. The highest BCUT2D eigenvalue weighted by atomic mass is 16.1. The molecule has 2 nitrogen and oxygen atoms in total. The fraction of sp³-hybridized carbons (Fsp3) is 0.588. The van der Waals surface area contributed by atoms with Gasteiger partial charge in [-0.3, -0.25) is 9.69 Å². The van der Waals surface area contributed by atoms with Crippen molar-refractivity contribution in [2.24, 2.45) is 11.3 Å². The van der Waals surface area contributed by atoms with Crippen LogP contribution in [0.1, 0.15) is 39.2 Å². The molecule has 19 heavy (non-hydrogen) atoms. The van der Waals surface area contributed by atoms with Crippen molar-refractivity contribution in [3.8, 4) is 0 Å². The lowest BCUT2D eigenvalue weighted by Crippen LogP contribution is -2.52. The third kappa shape index (κ3) is 3.06. The molecule has 1 aromatic rings. The van der Waals surface area contributed by atoms with Crippen LogP contribution in [0.25, 0.3) is 0 Å². The maximum Gasteiger partial charge on any atom is 0.144 e. The first-order chi connectivity index (χ1) is 9.09. The monoisotopic (exact) mass is 259 g/mol. The van der Waals surface area contributed by atoms with Crippen LogP contribution in [-0.2, 0) is 11.3 Å². The summed E-state index contributed by atoms with van der Waals surface area (Å²) in [5.74, 6) is 0.684. The molecule has 2 heteroatoms. The first-order valence-electron chi connectivity index (χ1n) is 7.39. The van der Waals surface area contributed by atoms with Crippen LogP contribution >= 0.6 is 0 Å². The number of likely N-dealkylation sites (tertiary alicyclic amines) is 1. The van der Waals surface area contributed by atoms with Crippen molar-refractivity contribution in [2.75, 3.05) is 13.1 Å². The van der Waals surface area contributed by atoms with Crippen molar-refractivity contribution in [3.05, 3.63) is 35.9 Å². The minimum atomic E-state index is -0.159. The minimum Gasteiger partial charge on any atom is -0.299 e. The van der Waals surface area contributed by atoms with Gasteiger partial charge in [0.25, 0.3) is 0 Å². The Morgan fingerprint density at radius 2 is 1.95 bits per heavy atom. The topological polar surface area (TPSA) is 20.3 Å². The van der Waals surface area contributed by atoms with E-state index in [1.807, 2.05) is 6.07 Å². The summed E-state index contributed by atoms with van der Waals surface area (Å²) in [4.78, 5) is 14.9. The summed E-state index contributed by atoms with van der Waals surface area (Å²) in [5, 5.41) is 0. The predicted octanol–water partition coefficient (Wildman–Crippen LogP) is 3.51. The molecule has 0 bridgehead atoms. The maximum atomic E-state index is 12.5. The molecule has 0 saturated carbocycles. The second-order valence-electron chi connectivity index (χ2n) is 6.04. The average Bonchev–Trinajstić information content (AvgIpc) is 2.44. The van der Waals surface area contributed by atoms with E-state index in [0.717, 1.165) is 32.5 Å². The van der Waals surface area contributed by atoms with Gasteiger partial charge in [-0.2, -0.15) is 0 Å². The number of nitrogens with zero attached hydrogens (tertiary/aromatic N) is 1. The van der Waals surface area contributed by atoms with Gasteiger partial charge in [-0.1, -0.05) is 51.1 Å². The number of piperidine rings is 1. The Hall–Kier alpha value is -1.15. The summed E-state index contributed by atoms with van der Waals surface area (Å²) >= 11 is 0. The van der Waals surface area contributed by atoms with Gasteiger partial charge in [-0.05, 0) is 18.4 Å². The third-order valence-corrected chi connectivity index (χ3v) is 4.54. The van der Waals surface area contributed by atoms with Gasteiger partial charge >= 0.3 is 0 Å². The Morgan fingerprint density at radius 3 is 2.53 bits per heavy atom. The number of ketones is 1. The number of Topliss-reactive ketones (excluding diaryl/α,β-unsaturated/α-hetero) is 1. The number of hydrogen-bond donors (Lipinski definition) is 0. The largest absolute Gasteiger partial charge is 0.299 e. The molecule has 0 radical (unpaired) electrons. The highest BCUT2D eigenvalue weighted by molar-refractivity contribution is 5.87. The molecule has 0 aromatic heterocycles. The number of carbonyl (C=O) groups is 1. The molecular formula is C17H25NO. The van der Waals surface area contributed by atoms with Gasteiger partial charge < -0.3 is 0 Å². The van der Waals surface area contributed by atoms with E-state index in [1.54, 1.807) is 0 Å². The number of rotatable bonds is 4. The van der Waals surface area contributed by atoms with Gasteiger partial charge in [-0.25, -0.2) is 0 Å². The maximum absolute atomic E-state index is 12.5. The molecular weight excluding hydrogens is 234 g/mol. The van der Waals surface area contributed by atoms with Gasteiger partial charge in [0.05, 0.1) is 0 Å². The molecule has 0 N–H and O–H groups in total. The third-order valence-electron chi connectivity index (χ3n) is 4.54. The highest BCUT2D eigenvalue weighted by Gasteiger charge is 2.41. The van der Waals surface area contributed by atoms with Crippen LogP contribution in [0, 0.1) is 11.3 Å². The summed E-state index contributed by atoms with van der Waals surface area (Å²) in [6.07, 6.45) is 1.90. The fourth-order valence-electron chi connectivity index (χ4n) is 3.09. The van der Waals surface area contributed by atoms with E-state index in [1.165, 1.54) is 5.56 Å². The fourth-order valence-corrected chi connectivity index (χ4v) is 3.09. The molecule has 1 fully saturated rings. The zero-order chi connectivity index (χ0) is 13.9. The van der Waals surface area contributed by atoms with Crippen molar-refractivity contribution in [1.82, 2.24) is 4.90 Å². The lowest BCUT2D eigenvalue weighted by atomic mass is 9.73. The molecule has 1 aliphatic rings. The van der Waals surface area contributed by atoms with Crippen molar-refractivity contribution in [1.29, 1.82) is 0 Å². The van der Waals surface area contributed by atoms with E-state index in [9.17, 15) is 4.79 Å². The van der Waals surface area contributed by atoms with Crippen LogP contribution in [-0.4, -0.2) is 23.8 Å². The SMILES string of the molecule is CCC1CN(Cc2ccccc2)CC(C)(CC)C1=O. The molecule has 1 saturated heterocycles. The van der Waals surface area contributed by atoms with Crippen LogP contribution in [0.4, 0.5) is 0 Å². The molecule has 1 heterocycles. The number of hydrogen-bond acceptors (Lipinski definition) is 2. The van der Waals surface area contributed by atoms with Crippen molar-refractivity contribution in [2.45, 2.75) is 40.2 Å². The van der Waals surface area contributed by atoms with Gasteiger partial charge in [0.1, 0.15) is 5.78 Å². The van der Waals surface area contributed by atoms with Crippen molar-refractivity contribution >= 4 is 5.78 Å². The van der Waals surface area contributed by atoms with E-state index in [4.69, 9.17) is 0 Å². The average molecular weight is 259 g/mol. The second-order valence-corrected chi connectivity index (χ2v) is 6.04. The molecule has 0 spiro atoms. The zero-order valence-electron chi connectivity index (χ0n) is 12.4. The van der Waals surface area contributed by atoms with E-state index in [2.05, 4.69) is 49.9 Å². The summed E-state index contributed by atoms with van der Waals surface area (Å²) in [6, 6.07) is 10.6. The van der Waals surface area contributed by atoms with Crippen LogP contribution in [0.3, 0.4) is 0 Å². The Balaban J connectivity index is 2.12. The van der Waals surface area contributed by atoms with Gasteiger partial charge in [0.15, 0.2) is 0 Å². The Morgan fingerprint density at radius 1 is 1.26 bits per heavy atom. The highest BCUT2D eigenvalue weighted by Crippen LogP contribution is 2.34. The molecule has 2 unspecified atom stereocenters. The summed E-state index contributed by atoms with van der Waals surface area (Å²) in [6.45, 7) is 9.17. The zero-order valence-corrected chi connectivity index (χ0v) is 12.4. The summed E-state index contributed by atoms with van der Waals surface area (Å²) in [7, 11) is 0. The van der Waals surface area contributed by atoms with E-state index < -0.39 is 0 Å². The summed E-state index contributed by atoms with van der Waals surface area (Å²) in [5.41, 5.74) is 1.18. The number of benzene rings is 1. The molecule has 2 rings (SSSR count). The van der Waals surface area contributed by atoms with Crippen LogP contribution in [0.2, 0.25) is 0 Å². The van der Waals surface area contributed by atoms with Gasteiger partial charge in [-0.15, -0.1) is 0 Å². The van der Waals surface area contributed by atoms with Gasteiger partial charge in [0, 0.05) is 31.0 Å². The van der Waals surface area contributed by atoms with Crippen molar-refractivity contribution < 1.29 is 4.79 Å². The van der Waals surface area contributed by atoms with Crippen LogP contribution < -0.4 is 0 Å². The van der Waals surface area contributed by atoms with E-state index in [0.29, 0.717) is 5.78 Å². The quantitative estimate of drug-likeness (QED) is 0.824. The molecule has 1 aromatic carbocycles. The van der Waals surface area contributed by atoms with E-state index in [-0.39, 0.29) is 11.3 Å². The molecule has 2 atom stereocenters. The molecule has 0 aliphatic carbocycles. The Kier molecular flexibility index (Phi) is 4.41. The standard InChI is InChI=1S/C17H25NO/c1-4-15-12-18(11-14-9-7-6-8-10-14)13-17(3,5-2)16(15)19/h6-10,15H,4-5,11-13H2,1-3H3. The first kappa shape index (κ1) is 14.3. The Labute approximate surface area is 116 Å². The normalized spacial score (nSPS) is 28.6. The minimum absolute atomic E-state index is 0.159. The molecule has 1 aliphatic heterocycles. The first-order valence-corrected chi connectivity index (χ1v) is 7.39. The lowest BCUT2D eigenvalue weighted by Gasteiger charge is -2.42. The van der Waals surface area contributed by atoms with Crippen molar-refractivity contribution in [3.63, 3.8) is 0 Å². The van der Waals surface area contributed by atoms with Crippen LogP contribution in [0.15, 0.2) is 30.3 Å². The summed E-state index contributed by atoms with van der Waals surface area (Å²) < 4.78 is 0. The second kappa shape index (κ2) is 5.87. The predicted molar refractivity (Wildman–Crippen MR) is 78.9 cm³/mol. The van der Waals surface area contributed by atoms with Gasteiger partial charge in [0.2, 0.25) is 0 Å². The molecule has 0 amide bonds. The molecule has 104 valence electrons.